The zero-order valence-electron chi connectivity index (χ0n) is 14.4. The molecule has 7 heteroatoms. The molecule has 0 bridgehead atoms. The topological polar surface area (TPSA) is 112 Å². The van der Waals surface area contributed by atoms with Crippen LogP contribution in [0.4, 0.5) is 0 Å². The number of hydrogen-bond acceptors (Lipinski definition) is 4. The maximum Gasteiger partial charge on any atom is 0.270 e. The number of rotatable bonds is 6. The molecule has 1 aromatic carbocycles. The van der Waals surface area contributed by atoms with Crippen molar-refractivity contribution in [1.29, 1.82) is 5.26 Å². The van der Waals surface area contributed by atoms with Gasteiger partial charge in [0, 0.05) is 25.2 Å². The van der Waals surface area contributed by atoms with Crippen molar-refractivity contribution in [3.05, 3.63) is 52.8 Å². The van der Waals surface area contributed by atoms with E-state index in [0.29, 0.717) is 17.7 Å². The van der Waals surface area contributed by atoms with E-state index < -0.39 is 12.0 Å². The van der Waals surface area contributed by atoms with Crippen LogP contribution in [0.25, 0.3) is 0 Å². The van der Waals surface area contributed by atoms with Gasteiger partial charge in [-0.05, 0) is 19.9 Å². The predicted molar refractivity (Wildman–Crippen MR) is 92.1 cm³/mol. The minimum absolute atomic E-state index is 0.0224. The average Bonchev–Trinajstić information content (AvgIpc) is 3.04. The standard InChI is InChI=1S/C18H20N4O3/c1-4-22(3)18(24)14-9-15(16(21-14)17(20)23)25-11(2)13-8-6-5-7-12(13)10-19/h5-9,11,21H,4H2,1-3H3,(H2,20,23)/t11-/m1/s1. The third-order valence-electron chi connectivity index (χ3n) is 3.90. The van der Waals surface area contributed by atoms with Gasteiger partial charge in [0.15, 0.2) is 5.75 Å². The molecule has 0 radical (unpaired) electrons. The minimum atomic E-state index is -0.728. The second-order valence-corrected chi connectivity index (χ2v) is 5.56. The molecule has 2 amide bonds. The smallest absolute Gasteiger partial charge is 0.270 e. The van der Waals surface area contributed by atoms with Crippen LogP contribution >= 0.6 is 0 Å². The molecule has 130 valence electrons. The van der Waals surface area contributed by atoms with Crippen molar-refractivity contribution in [3.8, 4) is 11.8 Å². The molecule has 0 saturated carbocycles. The Bertz CT molecular complexity index is 835. The van der Waals surface area contributed by atoms with Crippen molar-refractivity contribution in [1.82, 2.24) is 9.88 Å². The number of H-pyrrole nitrogens is 1. The number of primary amides is 1. The molecule has 0 aliphatic rings. The maximum atomic E-state index is 12.3. The number of nitrogens with zero attached hydrogens (tertiary/aromatic N) is 2. The molecule has 0 saturated heterocycles. The molecular formula is C18H20N4O3. The first-order valence-corrected chi connectivity index (χ1v) is 7.83. The van der Waals surface area contributed by atoms with E-state index in [0.717, 1.165) is 0 Å². The van der Waals surface area contributed by atoms with E-state index in [1.165, 1.54) is 11.0 Å². The lowest BCUT2D eigenvalue weighted by atomic mass is 10.0. The minimum Gasteiger partial charge on any atom is -0.483 e. The summed E-state index contributed by atoms with van der Waals surface area (Å²) in [5.41, 5.74) is 6.78. The highest BCUT2D eigenvalue weighted by atomic mass is 16.5. The zero-order valence-corrected chi connectivity index (χ0v) is 14.4. The van der Waals surface area contributed by atoms with Gasteiger partial charge in [0.1, 0.15) is 17.5 Å². The van der Waals surface area contributed by atoms with E-state index in [4.69, 9.17) is 10.5 Å². The van der Waals surface area contributed by atoms with Crippen LogP contribution in [0.1, 0.15) is 52.1 Å². The highest BCUT2D eigenvalue weighted by Crippen LogP contribution is 2.28. The molecule has 3 N–H and O–H groups in total. The van der Waals surface area contributed by atoms with Gasteiger partial charge in [-0.15, -0.1) is 0 Å². The van der Waals surface area contributed by atoms with Gasteiger partial charge in [-0.1, -0.05) is 18.2 Å². The van der Waals surface area contributed by atoms with Crippen LogP contribution in [0.3, 0.4) is 0 Å². The van der Waals surface area contributed by atoms with Gasteiger partial charge < -0.3 is 20.4 Å². The summed E-state index contributed by atoms with van der Waals surface area (Å²) in [5, 5.41) is 9.21. The van der Waals surface area contributed by atoms with E-state index in [1.54, 1.807) is 38.2 Å². The molecule has 0 spiro atoms. The third-order valence-corrected chi connectivity index (χ3v) is 3.90. The van der Waals surface area contributed by atoms with Crippen molar-refractivity contribution in [2.75, 3.05) is 13.6 Å². The number of benzene rings is 1. The first-order valence-electron chi connectivity index (χ1n) is 7.83. The molecule has 1 heterocycles. The lowest BCUT2D eigenvalue weighted by Crippen LogP contribution is -2.26. The molecule has 7 nitrogen and oxygen atoms in total. The maximum absolute atomic E-state index is 12.3. The van der Waals surface area contributed by atoms with Gasteiger partial charge in [-0.25, -0.2) is 0 Å². The Hall–Kier alpha value is -3.27. The van der Waals surface area contributed by atoms with E-state index in [-0.39, 0.29) is 23.0 Å². The van der Waals surface area contributed by atoms with Crippen molar-refractivity contribution < 1.29 is 14.3 Å². The fraction of sp³-hybridized carbons (Fsp3) is 0.278. The van der Waals surface area contributed by atoms with Crippen molar-refractivity contribution >= 4 is 11.8 Å². The summed E-state index contributed by atoms with van der Waals surface area (Å²) in [6.07, 6.45) is -0.503. The highest BCUT2D eigenvalue weighted by Gasteiger charge is 2.22. The number of hydrogen-bond donors (Lipinski definition) is 2. The SMILES string of the molecule is CCN(C)C(=O)c1cc(O[C@H](C)c2ccccc2C#N)c(C(N)=O)[nH]1. The Morgan fingerprint density at radius 2 is 2.08 bits per heavy atom. The molecule has 2 aromatic rings. The summed E-state index contributed by atoms with van der Waals surface area (Å²) in [6, 6.07) is 10.6. The monoisotopic (exact) mass is 340 g/mol. The highest BCUT2D eigenvalue weighted by molar-refractivity contribution is 5.99. The Morgan fingerprint density at radius 3 is 2.68 bits per heavy atom. The van der Waals surface area contributed by atoms with Crippen molar-refractivity contribution in [2.45, 2.75) is 20.0 Å². The fourth-order valence-corrected chi connectivity index (χ4v) is 2.38. The molecule has 0 aliphatic heterocycles. The summed E-state index contributed by atoms with van der Waals surface area (Å²) < 4.78 is 5.83. The van der Waals surface area contributed by atoms with E-state index in [9.17, 15) is 14.9 Å². The zero-order chi connectivity index (χ0) is 18.6. The van der Waals surface area contributed by atoms with Gasteiger partial charge in [0.25, 0.3) is 11.8 Å². The molecule has 2 rings (SSSR count). The lowest BCUT2D eigenvalue weighted by molar-refractivity contribution is 0.0797. The second-order valence-electron chi connectivity index (χ2n) is 5.56. The summed E-state index contributed by atoms with van der Waals surface area (Å²) in [4.78, 5) is 28.2. The van der Waals surface area contributed by atoms with Gasteiger partial charge in [-0.3, -0.25) is 9.59 Å². The summed E-state index contributed by atoms with van der Waals surface area (Å²) in [6.45, 7) is 4.12. The molecule has 0 aliphatic carbocycles. The van der Waals surface area contributed by atoms with Crippen LogP contribution in [0.2, 0.25) is 0 Å². The van der Waals surface area contributed by atoms with Crippen LogP contribution in [-0.2, 0) is 0 Å². The number of nitriles is 1. The quantitative estimate of drug-likeness (QED) is 0.839. The molecule has 1 atom stereocenters. The first-order chi connectivity index (χ1) is 11.9. The lowest BCUT2D eigenvalue weighted by Gasteiger charge is -2.16. The van der Waals surface area contributed by atoms with Crippen molar-refractivity contribution in [2.24, 2.45) is 5.73 Å². The third kappa shape index (κ3) is 3.80. The van der Waals surface area contributed by atoms with E-state index in [1.807, 2.05) is 6.92 Å². The Labute approximate surface area is 146 Å². The number of aromatic nitrogens is 1. The Balaban J connectivity index is 2.35. The molecule has 0 unspecified atom stereocenters. The van der Waals surface area contributed by atoms with Gasteiger partial charge in [-0.2, -0.15) is 5.26 Å². The molecule has 25 heavy (non-hydrogen) atoms. The van der Waals surface area contributed by atoms with Crippen LogP contribution in [-0.4, -0.2) is 35.3 Å². The molecule has 0 fully saturated rings. The normalized spacial score (nSPS) is 11.4. The number of nitrogens with one attached hydrogen (secondary N) is 1. The second kappa shape index (κ2) is 7.53. The van der Waals surface area contributed by atoms with E-state index in [2.05, 4.69) is 11.1 Å². The van der Waals surface area contributed by atoms with Gasteiger partial charge in [0.05, 0.1) is 11.6 Å². The molecular weight excluding hydrogens is 320 g/mol. The number of amides is 2. The van der Waals surface area contributed by atoms with Crippen molar-refractivity contribution in [3.63, 3.8) is 0 Å². The van der Waals surface area contributed by atoms with Gasteiger partial charge >= 0.3 is 0 Å². The number of carbonyl (C=O) groups is 2. The fourth-order valence-electron chi connectivity index (χ4n) is 2.38. The number of ether oxygens (including phenoxy) is 1. The van der Waals surface area contributed by atoms with Crippen LogP contribution in [0, 0.1) is 11.3 Å². The van der Waals surface area contributed by atoms with Crippen LogP contribution in [0.5, 0.6) is 5.75 Å². The first kappa shape index (κ1) is 18.1. The molecule has 1 aromatic heterocycles. The number of carbonyl (C=O) groups excluding carboxylic acids is 2. The van der Waals surface area contributed by atoms with Crippen LogP contribution < -0.4 is 10.5 Å². The Kier molecular flexibility index (Phi) is 5.45. The average molecular weight is 340 g/mol. The number of nitrogens with two attached hydrogens (primary N) is 1. The van der Waals surface area contributed by atoms with Gasteiger partial charge in [0.2, 0.25) is 0 Å². The summed E-state index contributed by atoms with van der Waals surface area (Å²) in [7, 11) is 1.65. The summed E-state index contributed by atoms with van der Waals surface area (Å²) >= 11 is 0. The Morgan fingerprint density at radius 1 is 1.40 bits per heavy atom. The predicted octanol–water partition coefficient (Wildman–Crippen LogP) is 2.22. The van der Waals surface area contributed by atoms with E-state index >= 15 is 0 Å². The summed E-state index contributed by atoms with van der Waals surface area (Å²) in [5.74, 6) is -0.820. The largest absolute Gasteiger partial charge is 0.483 e. The van der Waals surface area contributed by atoms with Crippen LogP contribution in [0.15, 0.2) is 30.3 Å². The number of aromatic amines is 1.